The second-order valence-electron chi connectivity index (χ2n) is 6.90. The van der Waals surface area contributed by atoms with Gasteiger partial charge in [-0.1, -0.05) is 30.3 Å². The van der Waals surface area contributed by atoms with E-state index >= 15 is 0 Å². The Kier molecular flexibility index (Phi) is 5.32. The number of hydrogen-bond donors (Lipinski definition) is 0. The number of carbonyl (C=O) groups excluding carboxylic acids is 2. The Bertz CT molecular complexity index is 854. The molecule has 0 N–H and O–H groups in total. The molecule has 2 aromatic carbocycles. The van der Waals surface area contributed by atoms with Crippen molar-refractivity contribution in [2.75, 3.05) is 14.1 Å². The van der Waals surface area contributed by atoms with Crippen LogP contribution in [0.15, 0.2) is 48.5 Å². The maximum Gasteiger partial charge on any atom is 0.426 e. The molecular weight excluding hydrogens is 364 g/mol. The summed E-state index contributed by atoms with van der Waals surface area (Å²) in [5, 5.41) is 0. The summed E-state index contributed by atoms with van der Waals surface area (Å²) in [6, 6.07) is 14.4. The zero-order chi connectivity index (χ0) is 19.6. The minimum absolute atomic E-state index is 0.203. The summed E-state index contributed by atoms with van der Waals surface area (Å²) in [6.07, 6.45) is 0.168. The highest BCUT2D eigenvalue weighted by Gasteiger charge is 2.33. The summed E-state index contributed by atoms with van der Waals surface area (Å²) in [5.41, 5.74) is 1.23. The predicted octanol–water partition coefficient (Wildman–Crippen LogP) is 4.17. The van der Waals surface area contributed by atoms with Crippen molar-refractivity contribution in [2.45, 2.75) is 25.9 Å². The molecule has 0 fully saturated rings. The smallest absolute Gasteiger partial charge is 0.426 e. The molecule has 0 saturated carbocycles. The van der Waals surface area contributed by atoms with Crippen molar-refractivity contribution in [3.63, 3.8) is 0 Å². The van der Waals surface area contributed by atoms with Crippen molar-refractivity contribution in [3.8, 4) is 11.5 Å². The van der Waals surface area contributed by atoms with E-state index in [1.807, 2.05) is 32.0 Å². The number of carbonyl (C=O) groups is 2. The van der Waals surface area contributed by atoms with Crippen molar-refractivity contribution in [3.05, 3.63) is 59.7 Å². The van der Waals surface area contributed by atoms with E-state index in [4.69, 9.17) is 9.47 Å². The normalized spacial score (nSPS) is 14.1. The van der Waals surface area contributed by atoms with Crippen LogP contribution in [-0.2, 0) is 6.42 Å². The fourth-order valence-corrected chi connectivity index (χ4v) is 3.49. The number of hydrogen-bond acceptors (Lipinski definition) is 5. The summed E-state index contributed by atoms with van der Waals surface area (Å²) in [6.45, 7) is 3.98. The zero-order valence-electron chi connectivity index (χ0n) is 15.8. The first-order chi connectivity index (χ1) is 12.8. The van der Waals surface area contributed by atoms with Crippen molar-refractivity contribution < 1.29 is 19.1 Å². The zero-order valence-corrected chi connectivity index (χ0v) is 16.6. The van der Waals surface area contributed by atoms with Crippen LogP contribution in [0.3, 0.4) is 0 Å². The van der Waals surface area contributed by atoms with E-state index in [-0.39, 0.29) is 11.5 Å². The van der Waals surface area contributed by atoms with Gasteiger partial charge in [0.05, 0.1) is 12.1 Å². The Morgan fingerprint density at radius 3 is 2.44 bits per heavy atom. The van der Waals surface area contributed by atoms with Gasteiger partial charge in [-0.15, -0.1) is 0 Å². The van der Waals surface area contributed by atoms with Crippen LogP contribution in [0.25, 0.3) is 0 Å². The molecule has 0 bridgehead atoms. The first kappa shape index (κ1) is 19.1. The molecule has 7 heteroatoms. The van der Waals surface area contributed by atoms with Gasteiger partial charge in [-0.2, -0.15) is 0 Å². The Morgan fingerprint density at radius 1 is 1.04 bits per heavy atom. The van der Waals surface area contributed by atoms with Gasteiger partial charge in [0.2, 0.25) is 0 Å². The fourth-order valence-electron chi connectivity index (χ4n) is 2.84. The lowest BCUT2D eigenvalue weighted by atomic mass is 10.0. The molecule has 0 spiro atoms. The first-order valence-corrected chi connectivity index (χ1v) is 9.27. The van der Waals surface area contributed by atoms with Gasteiger partial charge in [-0.3, -0.25) is 9.10 Å². The van der Waals surface area contributed by atoms with Crippen molar-refractivity contribution >= 4 is 24.1 Å². The molecule has 0 saturated heterocycles. The largest absolute Gasteiger partial charge is 0.483 e. The van der Waals surface area contributed by atoms with Crippen LogP contribution in [0.5, 0.6) is 11.5 Å². The van der Waals surface area contributed by atoms with Gasteiger partial charge >= 0.3 is 6.09 Å². The summed E-state index contributed by atoms with van der Waals surface area (Å²) in [7, 11) is 3.16. The number of ether oxygens (including phenoxy) is 2. The molecule has 1 aliphatic rings. The number of nitrogens with zero attached hydrogens (tertiary/aromatic N) is 2. The van der Waals surface area contributed by atoms with Gasteiger partial charge in [0.15, 0.2) is 11.5 Å². The summed E-state index contributed by atoms with van der Waals surface area (Å²) in [5.74, 6) is 0.779. The Labute approximate surface area is 163 Å². The number of rotatable bonds is 4. The number of para-hydroxylation sites is 1. The molecule has 1 aliphatic heterocycles. The fraction of sp³-hybridized carbons (Fsp3) is 0.300. The standard InChI is InChI=1S/C20H22N2O4S/c1-20(2)13-15-11-8-12-16(17(15)26-20)25-19(24)22(4)27-21(3)18(23)14-9-6-5-7-10-14/h5-12H,13H2,1-4H3. The predicted molar refractivity (Wildman–Crippen MR) is 105 cm³/mol. The molecule has 6 nitrogen and oxygen atoms in total. The lowest BCUT2D eigenvalue weighted by molar-refractivity contribution is 0.0889. The van der Waals surface area contributed by atoms with E-state index < -0.39 is 6.09 Å². The molecule has 0 radical (unpaired) electrons. The van der Waals surface area contributed by atoms with Gasteiger partial charge in [0.25, 0.3) is 5.91 Å². The molecule has 0 aromatic heterocycles. The maximum absolute atomic E-state index is 12.5. The monoisotopic (exact) mass is 386 g/mol. The lowest BCUT2D eigenvalue weighted by Gasteiger charge is -2.22. The van der Waals surface area contributed by atoms with Crippen LogP contribution in [0.1, 0.15) is 29.8 Å². The highest BCUT2D eigenvalue weighted by molar-refractivity contribution is 7.95. The number of fused-ring (bicyclic) bond motifs is 1. The van der Waals surface area contributed by atoms with Crippen LogP contribution in [0, 0.1) is 0 Å². The molecule has 2 amide bonds. The summed E-state index contributed by atoms with van der Waals surface area (Å²) >= 11 is 0.965. The minimum atomic E-state index is -0.589. The van der Waals surface area contributed by atoms with Crippen LogP contribution in [0.4, 0.5) is 4.79 Å². The maximum atomic E-state index is 12.5. The Morgan fingerprint density at radius 2 is 1.74 bits per heavy atom. The molecule has 0 atom stereocenters. The second kappa shape index (κ2) is 7.52. The molecule has 3 rings (SSSR count). The first-order valence-electron chi connectivity index (χ1n) is 8.54. The van der Waals surface area contributed by atoms with E-state index in [0.717, 1.165) is 24.1 Å². The minimum Gasteiger partial charge on any atom is -0.483 e. The van der Waals surface area contributed by atoms with Gasteiger partial charge < -0.3 is 9.47 Å². The van der Waals surface area contributed by atoms with Crippen molar-refractivity contribution in [2.24, 2.45) is 0 Å². The van der Waals surface area contributed by atoms with Crippen LogP contribution >= 0.6 is 12.1 Å². The number of amides is 2. The molecule has 1 heterocycles. The molecule has 27 heavy (non-hydrogen) atoms. The van der Waals surface area contributed by atoms with Gasteiger partial charge in [0.1, 0.15) is 5.60 Å². The van der Waals surface area contributed by atoms with Gasteiger partial charge in [-0.25, -0.2) is 9.10 Å². The van der Waals surface area contributed by atoms with E-state index in [2.05, 4.69) is 0 Å². The average molecular weight is 386 g/mol. The average Bonchev–Trinajstić information content (AvgIpc) is 2.96. The van der Waals surface area contributed by atoms with E-state index in [0.29, 0.717) is 17.1 Å². The number of benzene rings is 2. The summed E-state index contributed by atoms with van der Waals surface area (Å²) in [4.78, 5) is 24.8. The van der Waals surface area contributed by atoms with E-state index in [1.165, 1.54) is 8.61 Å². The Balaban J connectivity index is 1.64. The van der Waals surface area contributed by atoms with E-state index in [9.17, 15) is 9.59 Å². The summed E-state index contributed by atoms with van der Waals surface area (Å²) < 4.78 is 14.1. The van der Waals surface area contributed by atoms with E-state index in [1.54, 1.807) is 44.4 Å². The van der Waals surface area contributed by atoms with Crippen LogP contribution < -0.4 is 9.47 Å². The second-order valence-corrected chi connectivity index (χ2v) is 8.16. The molecule has 142 valence electrons. The molecule has 2 aromatic rings. The van der Waals surface area contributed by atoms with Crippen molar-refractivity contribution in [1.82, 2.24) is 8.61 Å². The van der Waals surface area contributed by atoms with Crippen LogP contribution in [0.2, 0.25) is 0 Å². The van der Waals surface area contributed by atoms with Gasteiger partial charge in [-0.05, 0) is 32.0 Å². The Hall–Kier alpha value is -2.67. The van der Waals surface area contributed by atoms with Crippen LogP contribution in [-0.4, -0.2) is 40.3 Å². The third-order valence-corrected chi connectivity index (χ3v) is 4.87. The SMILES string of the molecule is CN(SN(C)C(=O)c1ccccc1)C(=O)Oc1cccc2c1OC(C)(C)C2. The molecule has 0 unspecified atom stereocenters. The highest BCUT2D eigenvalue weighted by Crippen LogP contribution is 2.42. The molecular formula is C20H22N2O4S. The lowest BCUT2D eigenvalue weighted by Crippen LogP contribution is -2.31. The highest BCUT2D eigenvalue weighted by atomic mass is 32.2. The van der Waals surface area contributed by atoms with Gasteiger partial charge in [0, 0.05) is 31.6 Å². The van der Waals surface area contributed by atoms with Crippen molar-refractivity contribution in [1.29, 1.82) is 0 Å². The topological polar surface area (TPSA) is 59.1 Å². The third-order valence-electron chi connectivity index (χ3n) is 4.06. The quantitative estimate of drug-likeness (QED) is 0.738. The third kappa shape index (κ3) is 4.36. The molecule has 0 aliphatic carbocycles.